The molecule has 5 nitrogen and oxygen atoms in total. The number of phenolic OH excluding ortho intramolecular Hbond substituents is 1. The molecule has 1 saturated heterocycles. The Morgan fingerprint density at radius 1 is 1.21 bits per heavy atom. The van der Waals surface area contributed by atoms with Crippen molar-refractivity contribution in [1.29, 1.82) is 0 Å². The van der Waals surface area contributed by atoms with Crippen LogP contribution < -0.4 is 0 Å². The van der Waals surface area contributed by atoms with Crippen LogP contribution in [0.25, 0.3) is 0 Å². The van der Waals surface area contributed by atoms with E-state index >= 15 is 0 Å². The van der Waals surface area contributed by atoms with Crippen LogP contribution >= 0.6 is 0 Å². The summed E-state index contributed by atoms with van der Waals surface area (Å²) in [4.78, 5) is 14.0. The van der Waals surface area contributed by atoms with E-state index in [1.165, 1.54) is 0 Å². The van der Waals surface area contributed by atoms with Crippen LogP contribution in [0.3, 0.4) is 0 Å². The summed E-state index contributed by atoms with van der Waals surface area (Å²) in [6, 6.07) is 16.4. The second-order valence-electron chi connectivity index (χ2n) is 8.18. The van der Waals surface area contributed by atoms with Crippen molar-refractivity contribution in [2.24, 2.45) is 11.8 Å². The van der Waals surface area contributed by atoms with E-state index < -0.39 is 18.0 Å². The Labute approximate surface area is 166 Å². The predicted molar refractivity (Wildman–Crippen MR) is 108 cm³/mol. The molecule has 0 unspecified atom stereocenters. The molecular weight excluding hydrogens is 354 g/mol. The quantitative estimate of drug-likeness (QED) is 0.712. The van der Waals surface area contributed by atoms with Gasteiger partial charge in [-0.15, -0.1) is 0 Å². The standard InChI is InChI=1S/C23H29NO4/c1-16-14-24(12-11-23(16,2)18-9-6-10-19(25)13-18)15-20(22(27)28)21(26)17-7-4-3-5-8-17/h3-10,13,16,20-21,25-26H,11-12,14-15H2,1-2H3,(H,27,28)/t16-,20+,21+,23+/m0/s1. The largest absolute Gasteiger partial charge is 0.508 e. The highest BCUT2D eigenvalue weighted by Gasteiger charge is 2.40. The fourth-order valence-corrected chi connectivity index (χ4v) is 4.25. The smallest absolute Gasteiger partial charge is 0.310 e. The number of likely N-dealkylation sites (tertiary alicyclic amines) is 1. The highest BCUT2D eigenvalue weighted by Crippen LogP contribution is 2.40. The number of aliphatic hydroxyl groups excluding tert-OH is 1. The van der Waals surface area contributed by atoms with Gasteiger partial charge in [0.15, 0.2) is 0 Å². The summed E-state index contributed by atoms with van der Waals surface area (Å²) in [5, 5.41) is 30.2. The van der Waals surface area contributed by atoms with Crippen molar-refractivity contribution in [3.8, 4) is 5.75 Å². The normalized spacial score (nSPS) is 25.2. The summed E-state index contributed by atoms with van der Waals surface area (Å²) in [5.74, 6) is -1.30. The minimum Gasteiger partial charge on any atom is -0.508 e. The first kappa shape index (κ1) is 20.4. The van der Waals surface area contributed by atoms with Gasteiger partial charge in [0.05, 0.1) is 12.0 Å². The Bertz CT molecular complexity index is 809. The molecule has 0 radical (unpaired) electrons. The van der Waals surface area contributed by atoms with E-state index in [4.69, 9.17) is 0 Å². The molecule has 1 fully saturated rings. The number of hydrogen-bond acceptors (Lipinski definition) is 4. The van der Waals surface area contributed by atoms with E-state index in [1.54, 1.807) is 30.3 Å². The van der Waals surface area contributed by atoms with Gasteiger partial charge in [-0.3, -0.25) is 4.79 Å². The summed E-state index contributed by atoms with van der Waals surface area (Å²) in [5.41, 5.74) is 1.66. The first-order chi connectivity index (χ1) is 13.3. The van der Waals surface area contributed by atoms with Crippen LogP contribution in [-0.2, 0) is 10.2 Å². The van der Waals surface area contributed by atoms with Crippen LogP contribution in [-0.4, -0.2) is 45.8 Å². The number of hydrogen-bond donors (Lipinski definition) is 3. The lowest BCUT2D eigenvalue weighted by Crippen LogP contribution is -2.49. The Kier molecular flexibility index (Phi) is 6.06. The van der Waals surface area contributed by atoms with E-state index in [9.17, 15) is 20.1 Å². The van der Waals surface area contributed by atoms with Crippen molar-refractivity contribution in [2.75, 3.05) is 19.6 Å². The van der Waals surface area contributed by atoms with Crippen molar-refractivity contribution in [3.63, 3.8) is 0 Å². The molecule has 3 N–H and O–H groups in total. The number of phenols is 1. The maximum Gasteiger partial charge on any atom is 0.310 e. The second kappa shape index (κ2) is 8.33. The number of benzene rings is 2. The molecule has 1 aliphatic rings. The third kappa shape index (κ3) is 4.21. The lowest BCUT2D eigenvalue weighted by atomic mass is 9.68. The summed E-state index contributed by atoms with van der Waals surface area (Å²) in [6.45, 7) is 6.18. The molecule has 2 aromatic rings. The molecule has 4 atom stereocenters. The van der Waals surface area contributed by atoms with Gasteiger partial charge in [-0.2, -0.15) is 0 Å². The monoisotopic (exact) mass is 383 g/mol. The summed E-state index contributed by atoms with van der Waals surface area (Å²) in [6.07, 6.45) is -0.167. The van der Waals surface area contributed by atoms with E-state index in [2.05, 4.69) is 18.7 Å². The van der Waals surface area contributed by atoms with Crippen molar-refractivity contribution < 1.29 is 20.1 Å². The van der Waals surface area contributed by atoms with Crippen molar-refractivity contribution in [3.05, 3.63) is 65.7 Å². The zero-order valence-corrected chi connectivity index (χ0v) is 16.5. The van der Waals surface area contributed by atoms with Crippen molar-refractivity contribution in [2.45, 2.75) is 31.8 Å². The number of aromatic hydroxyl groups is 1. The number of aliphatic hydroxyl groups is 1. The maximum absolute atomic E-state index is 11.8. The molecule has 0 bridgehead atoms. The topological polar surface area (TPSA) is 81.0 Å². The van der Waals surface area contributed by atoms with Gasteiger partial charge in [0, 0.05) is 13.1 Å². The minimum atomic E-state index is -1.03. The molecule has 28 heavy (non-hydrogen) atoms. The molecule has 1 heterocycles. The van der Waals surface area contributed by atoms with Crippen molar-refractivity contribution >= 4 is 5.97 Å². The Morgan fingerprint density at radius 3 is 2.54 bits per heavy atom. The van der Waals surface area contributed by atoms with Crippen LogP contribution in [0.2, 0.25) is 0 Å². The van der Waals surface area contributed by atoms with E-state index in [1.807, 2.05) is 24.3 Å². The van der Waals surface area contributed by atoms with Crippen LogP contribution in [0.1, 0.15) is 37.5 Å². The first-order valence-electron chi connectivity index (χ1n) is 9.79. The van der Waals surface area contributed by atoms with Gasteiger partial charge in [-0.1, -0.05) is 56.3 Å². The highest BCUT2D eigenvalue weighted by molar-refractivity contribution is 5.71. The molecule has 0 amide bonds. The summed E-state index contributed by atoms with van der Waals surface area (Å²) >= 11 is 0. The molecule has 3 rings (SSSR count). The summed E-state index contributed by atoms with van der Waals surface area (Å²) < 4.78 is 0. The summed E-state index contributed by atoms with van der Waals surface area (Å²) in [7, 11) is 0. The number of piperidine rings is 1. The highest BCUT2D eigenvalue weighted by atomic mass is 16.4. The molecule has 0 saturated carbocycles. The molecule has 150 valence electrons. The molecule has 0 aliphatic carbocycles. The van der Waals surface area contributed by atoms with Crippen LogP contribution in [0.15, 0.2) is 54.6 Å². The van der Waals surface area contributed by atoms with Gasteiger partial charge < -0.3 is 20.2 Å². The minimum absolute atomic E-state index is 0.0774. The third-order valence-corrected chi connectivity index (χ3v) is 6.37. The molecule has 2 aromatic carbocycles. The molecule has 1 aliphatic heterocycles. The van der Waals surface area contributed by atoms with Gasteiger partial charge in [0.1, 0.15) is 5.75 Å². The molecular formula is C23H29NO4. The van der Waals surface area contributed by atoms with Crippen LogP contribution in [0, 0.1) is 11.8 Å². The van der Waals surface area contributed by atoms with Gasteiger partial charge in [-0.05, 0) is 47.6 Å². The molecule has 5 heteroatoms. The predicted octanol–water partition coefficient (Wildman–Crippen LogP) is 3.43. The van der Waals surface area contributed by atoms with Gasteiger partial charge in [-0.25, -0.2) is 0 Å². The second-order valence-corrected chi connectivity index (χ2v) is 8.18. The zero-order chi connectivity index (χ0) is 20.3. The van der Waals surface area contributed by atoms with Gasteiger partial charge in [0.2, 0.25) is 0 Å². The fourth-order valence-electron chi connectivity index (χ4n) is 4.25. The van der Waals surface area contributed by atoms with E-state index in [0.29, 0.717) is 12.1 Å². The number of nitrogens with zero attached hydrogens (tertiary/aromatic N) is 1. The lowest BCUT2D eigenvalue weighted by molar-refractivity contribution is -0.147. The van der Waals surface area contributed by atoms with E-state index in [-0.39, 0.29) is 17.1 Å². The fraction of sp³-hybridized carbons (Fsp3) is 0.435. The van der Waals surface area contributed by atoms with Crippen LogP contribution in [0.5, 0.6) is 5.75 Å². The number of rotatable bonds is 6. The van der Waals surface area contributed by atoms with Gasteiger partial charge in [0.25, 0.3) is 0 Å². The average Bonchev–Trinajstić information content (AvgIpc) is 2.69. The van der Waals surface area contributed by atoms with Crippen molar-refractivity contribution in [1.82, 2.24) is 4.90 Å². The number of carboxylic acids is 1. The molecule has 0 aromatic heterocycles. The SMILES string of the molecule is C[C@H]1CN(C[C@@H](C(=O)O)[C@H](O)c2ccccc2)CC[C@@]1(C)c1cccc(O)c1. The van der Waals surface area contributed by atoms with Gasteiger partial charge >= 0.3 is 5.97 Å². The van der Waals surface area contributed by atoms with E-state index in [0.717, 1.165) is 25.1 Å². The first-order valence-corrected chi connectivity index (χ1v) is 9.79. The Balaban J connectivity index is 1.71. The number of aliphatic carboxylic acids is 1. The molecule has 0 spiro atoms. The Morgan fingerprint density at radius 2 is 1.93 bits per heavy atom. The third-order valence-electron chi connectivity index (χ3n) is 6.37. The average molecular weight is 383 g/mol. The Hall–Kier alpha value is -2.37. The maximum atomic E-state index is 11.8. The van der Waals surface area contributed by atoms with Crippen LogP contribution in [0.4, 0.5) is 0 Å². The number of carboxylic acid groups (broad SMARTS) is 1. The lowest BCUT2D eigenvalue weighted by Gasteiger charge is -2.45. The zero-order valence-electron chi connectivity index (χ0n) is 16.5. The number of carbonyl (C=O) groups is 1.